The number of aliphatic hydroxyl groups excluding tert-OH is 1. The lowest BCUT2D eigenvalue weighted by molar-refractivity contribution is -0.268. The molecule has 1 saturated heterocycles. The highest BCUT2D eigenvalue weighted by atomic mass is 32.2. The van der Waals surface area contributed by atoms with Crippen molar-refractivity contribution >= 4 is 23.4 Å². The topological polar surface area (TPSA) is 93.8 Å². The molecule has 0 saturated carbocycles. The largest absolute Gasteiger partial charge is 0.431 e. The predicted octanol–water partition coefficient (Wildman–Crippen LogP) is 9.34. The highest BCUT2D eigenvalue weighted by molar-refractivity contribution is 7.99. The van der Waals surface area contributed by atoms with Gasteiger partial charge in [0, 0.05) is 39.6 Å². The summed E-state index contributed by atoms with van der Waals surface area (Å²) in [4.78, 5) is 17.7. The van der Waals surface area contributed by atoms with Crippen molar-refractivity contribution < 1.29 is 23.8 Å². The van der Waals surface area contributed by atoms with Crippen LogP contribution in [0.15, 0.2) is 149 Å². The lowest BCUT2D eigenvalue weighted by Gasteiger charge is -2.41. The Kier molecular flexibility index (Phi) is 10.0. The molecule has 49 heavy (non-hydrogen) atoms. The van der Waals surface area contributed by atoms with E-state index >= 15 is 0 Å². The Bertz CT molecular complexity index is 1910. The van der Waals surface area contributed by atoms with Crippen LogP contribution in [0.3, 0.4) is 0 Å². The van der Waals surface area contributed by atoms with E-state index in [1.807, 2.05) is 127 Å². The molecular weight excluding hydrogens is 633 g/mol. The Morgan fingerprint density at radius 2 is 1.37 bits per heavy atom. The molecule has 4 atom stereocenters. The summed E-state index contributed by atoms with van der Waals surface area (Å²) in [6.45, 7) is 2.11. The smallest absolute Gasteiger partial charge is 0.256 e. The third kappa shape index (κ3) is 7.53. The van der Waals surface area contributed by atoms with E-state index in [0.29, 0.717) is 22.2 Å². The van der Waals surface area contributed by atoms with Gasteiger partial charge in [-0.1, -0.05) is 134 Å². The van der Waals surface area contributed by atoms with Crippen LogP contribution in [-0.2, 0) is 16.1 Å². The number of nitrogens with one attached hydrogen (secondary N) is 1. The molecule has 6 aromatic rings. The van der Waals surface area contributed by atoms with E-state index in [4.69, 9.17) is 18.9 Å². The van der Waals surface area contributed by atoms with Gasteiger partial charge < -0.3 is 24.3 Å². The Morgan fingerprint density at radius 3 is 2.02 bits per heavy atom. The van der Waals surface area contributed by atoms with Gasteiger partial charge in [0.2, 0.25) is 0 Å². The number of thioether (sulfide) groups is 1. The van der Waals surface area contributed by atoms with Crippen molar-refractivity contribution in [2.24, 2.45) is 5.92 Å². The minimum Gasteiger partial charge on any atom is -0.431 e. The normalized spacial score (nSPS) is 19.0. The van der Waals surface area contributed by atoms with Crippen LogP contribution in [0.25, 0.3) is 22.6 Å². The number of aromatic nitrogens is 1. The van der Waals surface area contributed by atoms with E-state index in [1.165, 1.54) is 11.8 Å². The number of rotatable bonds is 10. The van der Waals surface area contributed by atoms with Gasteiger partial charge in [0.1, 0.15) is 5.69 Å². The SMILES string of the molecule is C[C@@H]1[C@H](CSc2nc(-c3ccccc3)c(-c3ccccc3)o2)O[C@H](c2ccc(NC(=O)c3ccccc3)cc2)O[C@@H]1c1ccc(CO)cc1. The maximum absolute atomic E-state index is 12.7. The van der Waals surface area contributed by atoms with Crippen LogP contribution >= 0.6 is 11.8 Å². The number of hydrogen-bond acceptors (Lipinski definition) is 7. The van der Waals surface area contributed by atoms with Crippen LogP contribution in [-0.4, -0.2) is 27.9 Å². The van der Waals surface area contributed by atoms with E-state index in [2.05, 4.69) is 12.2 Å². The number of oxazole rings is 1. The maximum Gasteiger partial charge on any atom is 0.256 e. The highest BCUT2D eigenvalue weighted by Gasteiger charge is 2.38. The molecule has 1 fully saturated rings. The van der Waals surface area contributed by atoms with Crippen LogP contribution in [0.4, 0.5) is 5.69 Å². The van der Waals surface area contributed by atoms with Gasteiger partial charge in [-0.3, -0.25) is 4.79 Å². The van der Waals surface area contributed by atoms with E-state index < -0.39 is 6.29 Å². The summed E-state index contributed by atoms with van der Waals surface area (Å²) in [5, 5.41) is 13.1. The maximum atomic E-state index is 12.7. The second kappa shape index (κ2) is 15.1. The summed E-state index contributed by atoms with van der Waals surface area (Å²) in [7, 11) is 0. The lowest BCUT2D eigenvalue weighted by Crippen LogP contribution is -2.38. The molecular formula is C41H36N2O5S. The minimum atomic E-state index is -0.646. The number of ether oxygens (including phenoxy) is 2. The van der Waals surface area contributed by atoms with Crippen molar-refractivity contribution in [1.82, 2.24) is 4.98 Å². The molecule has 7 rings (SSSR count). The second-order valence-electron chi connectivity index (χ2n) is 12.0. The number of carbonyl (C=O) groups excluding carboxylic acids is 1. The second-order valence-corrected chi connectivity index (χ2v) is 12.9. The predicted molar refractivity (Wildman–Crippen MR) is 192 cm³/mol. The number of carbonyl (C=O) groups is 1. The first-order valence-electron chi connectivity index (χ1n) is 16.3. The van der Waals surface area contributed by atoms with Gasteiger partial charge in [-0.05, 0) is 35.4 Å². The van der Waals surface area contributed by atoms with Crippen LogP contribution in [0.2, 0.25) is 0 Å². The van der Waals surface area contributed by atoms with Gasteiger partial charge in [0.15, 0.2) is 12.1 Å². The van der Waals surface area contributed by atoms with Crippen LogP contribution < -0.4 is 5.32 Å². The van der Waals surface area contributed by atoms with Gasteiger partial charge in [0.25, 0.3) is 11.1 Å². The Morgan fingerprint density at radius 1 is 0.755 bits per heavy atom. The summed E-state index contributed by atoms with van der Waals surface area (Å²) < 4.78 is 19.7. The molecule has 7 nitrogen and oxygen atoms in total. The number of hydrogen-bond donors (Lipinski definition) is 2. The van der Waals surface area contributed by atoms with Gasteiger partial charge in [0.05, 0.1) is 18.8 Å². The Labute approximate surface area is 290 Å². The van der Waals surface area contributed by atoms with E-state index in [9.17, 15) is 9.90 Å². The molecule has 0 bridgehead atoms. The molecule has 1 aromatic heterocycles. The first-order chi connectivity index (χ1) is 24.1. The number of amides is 1. The third-order valence-corrected chi connectivity index (χ3v) is 9.58. The number of benzene rings is 5. The number of aliphatic hydroxyl groups is 1. The summed E-state index contributed by atoms with van der Waals surface area (Å²) in [5.74, 6) is 1.13. The van der Waals surface area contributed by atoms with E-state index in [0.717, 1.165) is 39.3 Å². The monoisotopic (exact) mass is 668 g/mol. The molecule has 1 aliphatic heterocycles. The molecule has 8 heteroatoms. The van der Waals surface area contributed by atoms with Crippen molar-refractivity contribution in [3.05, 3.63) is 162 Å². The fraction of sp³-hybridized carbons (Fsp3) is 0.171. The molecule has 0 unspecified atom stereocenters. The van der Waals surface area contributed by atoms with Crippen molar-refractivity contribution in [1.29, 1.82) is 0 Å². The van der Waals surface area contributed by atoms with Gasteiger partial charge in [-0.15, -0.1) is 0 Å². The molecule has 5 aromatic carbocycles. The first-order valence-corrected chi connectivity index (χ1v) is 17.3. The van der Waals surface area contributed by atoms with Crippen molar-refractivity contribution in [3.63, 3.8) is 0 Å². The summed E-state index contributed by atoms with van der Waals surface area (Å²) in [6, 6.07) is 44.6. The first kappa shape index (κ1) is 32.6. The quantitative estimate of drug-likeness (QED) is 0.141. The molecule has 0 aliphatic carbocycles. The zero-order valence-corrected chi connectivity index (χ0v) is 27.8. The standard InChI is InChI=1S/C41H36N2O5S/c1-27-35(26-49-41-43-36(29-11-5-2-6-12-29)38(48-41)30-13-7-3-8-14-30)46-40(47-37(27)31-19-17-28(25-44)18-20-31)33-21-23-34(24-22-33)42-39(45)32-15-9-4-10-16-32/h2-24,27,35,37,40,44H,25-26H2,1H3,(H,42,45)/t27-,35+,37+,40+/m1/s1. The van der Waals surface area contributed by atoms with Crippen molar-refractivity contribution in [2.75, 3.05) is 11.1 Å². The Hall–Kier alpha value is -4.99. The van der Waals surface area contributed by atoms with Gasteiger partial charge >= 0.3 is 0 Å². The molecule has 246 valence electrons. The summed E-state index contributed by atoms with van der Waals surface area (Å²) in [5.41, 5.74) is 6.71. The molecule has 0 radical (unpaired) electrons. The highest BCUT2D eigenvalue weighted by Crippen LogP contribution is 2.44. The number of anilines is 1. The van der Waals surface area contributed by atoms with Gasteiger partial charge in [-0.25, -0.2) is 4.98 Å². The summed E-state index contributed by atoms with van der Waals surface area (Å²) >= 11 is 1.52. The minimum absolute atomic E-state index is 0.00897. The van der Waals surface area contributed by atoms with E-state index in [-0.39, 0.29) is 30.6 Å². The van der Waals surface area contributed by atoms with Crippen LogP contribution in [0.5, 0.6) is 0 Å². The van der Waals surface area contributed by atoms with Crippen molar-refractivity contribution in [2.45, 2.75) is 37.3 Å². The zero-order chi connectivity index (χ0) is 33.6. The average Bonchev–Trinajstić information content (AvgIpc) is 3.60. The lowest BCUT2D eigenvalue weighted by atomic mass is 9.91. The fourth-order valence-electron chi connectivity index (χ4n) is 5.92. The average molecular weight is 669 g/mol. The fourth-order valence-corrected chi connectivity index (χ4v) is 6.91. The molecule has 1 amide bonds. The third-order valence-electron chi connectivity index (χ3n) is 8.66. The molecule has 0 spiro atoms. The Balaban J connectivity index is 1.13. The van der Waals surface area contributed by atoms with E-state index in [1.54, 1.807) is 12.1 Å². The zero-order valence-electron chi connectivity index (χ0n) is 26.9. The summed E-state index contributed by atoms with van der Waals surface area (Å²) in [6.07, 6.45) is -1.12. The van der Waals surface area contributed by atoms with Crippen molar-refractivity contribution in [3.8, 4) is 22.6 Å². The van der Waals surface area contributed by atoms with Crippen LogP contribution in [0, 0.1) is 5.92 Å². The number of nitrogens with zero attached hydrogens (tertiary/aromatic N) is 1. The van der Waals surface area contributed by atoms with Gasteiger partial charge in [-0.2, -0.15) is 0 Å². The molecule has 2 N–H and O–H groups in total. The molecule has 1 aliphatic rings. The van der Waals surface area contributed by atoms with Crippen LogP contribution in [0.1, 0.15) is 46.4 Å². The molecule has 2 heterocycles.